The first-order valence-electron chi connectivity index (χ1n) is 7.99. The first-order valence-corrected chi connectivity index (χ1v) is 9.18. The Bertz CT molecular complexity index is 1030. The predicted octanol–water partition coefficient (Wildman–Crippen LogP) is 2.46. The summed E-state index contributed by atoms with van der Waals surface area (Å²) in [5.74, 6) is 0.0609. The van der Waals surface area contributed by atoms with Crippen molar-refractivity contribution >= 4 is 40.4 Å². The number of halogens is 1. The average Bonchev–Trinajstić information content (AvgIpc) is 3.13. The van der Waals surface area contributed by atoms with E-state index in [1.807, 2.05) is 6.92 Å². The van der Waals surface area contributed by atoms with Crippen LogP contribution in [0.25, 0.3) is 11.1 Å². The quantitative estimate of drug-likeness (QED) is 0.446. The molecule has 0 spiro atoms. The summed E-state index contributed by atoms with van der Waals surface area (Å²) >= 11 is 7.20. The number of nitrogens with zero attached hydrogens (tertiary/aromatic N) is 4. The van der Waals surface area contributed by atoms with E-state index in [1.165, 1.54) is 19.5 Å². The number of aromatic nitrogens is 4. The highest BCUT2D eigenvalue weighted by molar-refractivity contribution is 7.15. The van der Waals surface area contributed by atoms with Crippen LogP contribution >= 0.6 is 22.9 Å². The molecule has 0 aliphatic carbocycles. The molecule has 9 nitrogen and oxygen atoms in total. The zero-order chi connectivity index (χ0) is 20.1. The fourth-order valence-corrected chi connectivity index (χ4v) is 3.27. The number of methoxy groups -OCH3 is 1. The molecule has 0 saturated heterocycles. The summed E-state index contributed by atoms with van der Waals surface area (Å²) in [4.78, 5) is 31.4. The third kappa shape index (κ3) is 4.41. The molecule has 3 aromatic rings. The maximum atomic E-state index is 12.9. The molecule has 11 heteroatoms. The van der Waals surface area contributed by atoms with Gasteiger partial charge < -0.3 is 10.1 Å². The van der Waals surface area contributed by atoms with Gasteiger partial charge in [0.1, 0.15) is 15.9 Å². The molecule has 0 aromatic carbocycles. The first-order chi connectivity index (χ1) is 13.5. The smallest absolute Gasteiger partial charge is 0.259 e. The first kappa shape index (κ1) is 19.6. The third-order valence-corrected chi connectivity index (χ3v) is 4.70. The highest BCUT2D eigenvalue weighted by Crippen LogP contribution is 2.34. The van der Waals surface area contributed by atoms with E-state index in [4.69, 9.17) is 16.3 Å². The molecule has 3 aromatic heterocycles. The second-order valence-electron chi connectivity index (χ2n) is 5.53. The lowest BCUT2D eigenvalue weighted by atomic mass is 10.0. The lowest BCUT2D eigenvalue weighted by molar-refractivity contribution is -0.109. The standard InChI is InChI=1S/C17H15ClN6O3S/c1-9-3-10(11-4-14(18)21-6-13(11)27-2)12(5-20-9)16(26)22-17-24-23-15(28-17)7-19-8-25/h3-6,8H,7H2,1-2H3,(H,19,25)(H,22,24,26). The monoisotopic (exact) mass is 418 g/mol. The molecule has 0 saturated carbocycles. The number of carbonyl (C=O) groups excluding carboxylic acids is 2. The number of ether oxygens (including phenoxy) is 1. The van der Waals surface area contributed by atoms with Crippen LogP contribution in [-0.2, 0) is 11.3 Å². The average molecular weight is 419 g/mol. The van der Waals surface area contributed by atoms with E-state index in [0.29, 0.717) is 39.0 Å². The molecule has 144 valence electrons. The Balaban J connectivity index is 1.94. The van der Waals surface area contributed by atoms with Crippen molar-refractivity contribution in [3.05, 3.63) is 45.9 Å². The number of hydrogen-bond donors (Lipinski definition) is 2. The Kier molecular flexibility index (Phi) is 6.12. The summed E-state index contributed by atoms with van der Waals surface area (Å²) in [6.45, 7) is 2.05. The van der Waals surface area contributed by atoms with Gasteiger partial charge in [-0.3, -0.25) is 19.9 Å². The summed E-state index contributed by atoms with van der Waals surface area (Å²) in [5, 5.41) is 14.1. The Hall–Kier alpha value is -3.11. The lowest BCUT2D eigenvalue weighted by Gasteiger charge is -2.13. The van der Waals surface area contributed by atoms with Crippen LogP contribution in [0.5, 0.6) is 5.75 Å². The van der Waals surface area contributed by atoms with E-state index in [9.17, 15) is 9.59 Å². The zero-order valence-electron chi connectivity index (χ0n) is 14.9. The Morgan fingerprint density at radius 1 is 1.25 bits per heavy atom. The molecule has 28 heavy (non-hydrogen) atoms. The molecule has 3 heterocycles. The summed E-state index contributed by atoms with van der Waals surface area (Å²) < 4.78 is 5.36. The minimum absolute atomic E-state index is 0.237. The van der Waals surface area contributed by atoms with Crippen LogP contribution in [-0.4, -0.2) is 39.6 Å². The van der Waals surface area contributed by atoms with Gasteiger partial charge in [-0.15, -0.1) is 10.2 Å². The van der Waals surface area contributed by atoms with Gasteiger partial charge in [0, 0.05) is 23.0 Å². The van der Waals surface area contributed by atoms with Crippen LogP contribution in [0.15, 0.2) is 24.5 Å². The van der Waals surface area contributed by atoms with Crippen molar-refractivity contribution in [2.24, 2.45) is 0 Å². The minimum atomic E-state index is -0.413. The molecule has 0 atom stereocenters. The number of hydrogen-bond acceptors (Lipinski definition) is 8. The molecule has 0 unspecified atom stereocenters. The van der Waals surface area contributed by atoms with Crippen LogP contribution in [0, 0.1) is 6.92 Å². The summed E-state index contributed by atoms with van der Waals surface area (Å²) in [5.41, 5.74) is 2.25. The SMILES string of the molecule is COc1cnc(Cl)cc1-c1cc(C)ncc1C(=O)Nc1nnc(CNC=O)s1. The number of anilines is 1. The van der Waals surface area contributed by atoms with Crippen molar-refractivity contribution in [3.8, 4) is 16.9 Å². The normalized spacial score (nSPS) is 10.4. The number of rotatable bonds is 7. The summed E-state index contributed by atoms with van der Waals surface area (Å²) in [6, 6.07) is 3.39. The molecule has 0 aliphatic rings. The Morgan fingerprint density at radius 3 is 2.82 bits per heavy atom. The van der Waals surface area contributed by atoms with E-state index in [2.05, 4.69) is 30.8 Å². The third-order valence-electron chi connectivity index (χ3n) is 3.65. The molecule has 2 N–H and O–H groups in total. The van der Waals surface area contributed by atoms with E-state index < -0.39 is 5.91 Å². The van der Waals surface area contributed by atoms with Gasteiger partial charge in [-0.05, 0) is 19.1 Å². The maximum Gasteiger partial charge on any atom is 0.259 e. The van der Waals surface area contributed by atoms with Crippen molar-refractivity contribution in [2.45, 2.75) is 13.5 Å². The van der Waals surface area contributed by atoms with Crippen molar-refractivity contribution < 1.29 is 14.3 Å². The molecule has 0 aliphatic heterocycles. The van der Waals surface area contributed by atoms with E-state index >= 15 is 0 Å². The minimum Gasteiger partial charge on any atom is -0.494 e. The topological polar surface area (TPSA) is 119 Å². The molecule has 3 rings (SSSR count). The molecule has 2 amide bonds. The molecule has 0 bridgehead atoms. The van der Waals surface area contributed by atoms with Gasteiger partial charge in [0.2, 0.25) is 11.5 Å². The van der Waals surface area contributed by atoms with Crippen molar-refractivity contribution in [3.63, 3.8) is 0 Å². The highest BCUT2D eigenvalue weighted by Gasteiger charge is 2.19. The van der Waals surface area contributed by atoms with E-state index in [-0.39, 0.29) is 11.7 Å². The van der Waals surface area contributed by atoms with Crippen LogP contribution in [0.2, 0.25) is 5.15 Å². The second-order valence-corrected chi connectivity index (χ2v) is 6.98. The number of nitrogens with one attached hydrogen (secondary N) is 2. The fourth-order valence-electron chi connectivity index (χ4n) is 2.42. The van der Waals surface area contributed by atoms with Gasteiger partial charge in [-0.1, -0.05) is 22.9 Å². The van der Waals surface area contributed by atoms with Gasteiger partial charge in [-0.25, -0.2) is 4.98 Å². The molecular formula is C17H15ClN6O3S. The van der Waals surface area contributed by atoms with E-state index in [1.54, 1.807) is 12.1 Å². The molecule has 0 radical (unpaired) electrons. The van der Waals surface area contributed by atoms with Crippen molar-refractivity contribution in [1.29, 1.82) is 0 Å². The van der Waals surface area contributed by atoms with Crippen LogP contribution < -0.4 is 15.4 Å². The second kappa shape index (κ2) is 8.72. The van der Waals surface area contributed by atoms with Gasteiger partial charge in [-0.2, -0.15) is 0 Å². The number of pyridine rings is 2. The number of aryl methyl sites for hydroxylation is 1. The van der Waals surface area contributed by atoms with Gasteiger partial charge in [0.15, 0.2) is 0 Å². The van der Waals surface area contributed by atoms with Crippen molar-refractivity contribution in [2.75, 3.05) is 12.4 Å². The number of carbonyl (C=O) groups is 2. The summed E-state index contributed by atoms with van der Waals surface area (Å²) in [6.07, 6.45) is 3.53. The number of amides is 2. The van der Waals surface area contributed by atoms with Gasteiger partial charge >= 0.3 is 0 Å². The zero-order valence-corrected chi connectivity index (χ0v) is 16.5. The lowest BCUT2D eigenvalue weighted by Crippen LogP contribution is -2.14. The Morgan fingerprint density at radius 2 is 2.07 bits per heavy atom. The van der Waals surface area contributed by atoms with Crippen LogP contribution in [0.4, 0.5) is 5.13 Å². The van der Waals surface area contributed by atoms with E-state index in [0.717, 1.165) is 17.0 Å². The van der Waals surface area contributed by atoms with Crippen molar-refractivity contribution in [1.82, 2.24) is 25.5 Å². The molecule has 0 fully saturated rings. The largest absolute Gasteiger partial charge is 0.494 e. The fraction of sp³-hybridized carbons (Fsp3) is 0.176. The summed E-state index contributed by atoms with van der Waals surface area (Å²) in [7, 11) is 1.51. The molecular weight excluding hydrogens is 404 g/mol. The highest BCUT2D eigenvalue weighted by atomic mass is 35.5. The Labute approximate surface area is 169 Å². The van der Waals surface area contributed by atoms with Crippen LogP contribution in [0.3, 0.4) is 0 Å². The van der Waals surface area contributed by atoms with Gasteiger partial charge in [0.25, 0.3) is 5.91 Å². The van der Waals surface area contributed by atoms with Gasteiger partial charge in [0.05, 0.1) is 25.4 Å². The van der Waals surface area contributed by atoms with Crippen LogP contribution in [0.1, 0.15) is 21.1 Å². The predicted molar refractivity (Wildman–Crippen MR) is 105 cm³/mol. The maximum absolute atomic E-state index is 12.9.